The number of thiophene rings is 1. The molecule has 0 saturated carbocycles. The number of ether oxygens (including phenoxy) is 1. The van der Waals surface area contributed by atoms with Crippen molar-refractivity contribution in [1.29, 1.82) is 0 Å². The van der Waals surface area contributed by atoms with Gasteiger partial charge in [-0.2, -0.15) is 0 Å². The SMILES string of the molecule is CCOC(=O)N1CCN(c2ncnc3sc(C)c(CC)c23)CC1. The van der Waals surface area contributed by atoms with Crippen molar-refractivity contribution in [1.82, 2.24) is 14.9 Å². The van der Waals surface area contributed by atoms with Crippen LogP contribution in [0.5, 0.6) is 0 Å². The van der Waals surface area contributed by atoms with Gasteiger partial charge in [-0.3, -0.25) is 0 Å². The largest absolute Gasteiger partial charge is 0.450 e. The summed E-state index contributed by atoms with van der Waals surface area (Å²) in [5.41, 5.74) is 1.34. The summed E-state index contributed by atoms with van der Waals surface area (Å²) in [6, 6.07) is 0. The van der Waals surface area contributed by atoms with E-state index >= 15 is 0 Å². The van der Waals surface area contributed by atoms with E-state index in [1.165, 1.54) is 15.8 Å². The first kappa shape index (κ1) is 16.0. The maximum atomic E-state index is 11.8. The van der Waals surface area contributed by atoms with E-state index in [0.29, 0.717) is 19.7 Å². The van der Waals surface area contributed by atoms with Gasteiger partial charge in [-0.05, 0) is 25.8 Å². The molecule has 0 unspecified atom stereocenters. The molecule has 2 aromatic heterocycles. The summed E-state index contributed by atoms with van der Waals surface area (Å²) >= 11 is 1.73. The summed E-state index contributed by atoms with van der Waals surface area (Å²) < 4.78 is 5.08. The highest BCUT2D eigenvalue weighted by molar-refractivity contribution is 7.18. The lowest BCUT2D eigenvalue weighted by Crippen LogP contribution is -2.49. The fraction of sp³-hybridized carbons (Fsp3) is 0.562. The van der Waals surface area contributed by atoms with E-state index in [1.807, 2.05) is 6.92 Å². The molecule has 3 rings (SSSR count). The quantitative estimate of drug-likeness (QED) is 0.864. The van der Waals surface area contributed by atoms with Crippen LogP contribution in [-0.4, -0.2) is 53.7 Å². The fourth-order valence-corrected chi connectivity index (χ4v) is 4.14. The first-order valence-corrected chi connectivity index (χ1v) is 8.87. The molecule has 0 atom stereocenters. The third-order valence-corrected chi connectivity index (χ3v) is 5.28. The van der Waals surface area contributed by atoms with Gasteiger partial charge in [0.2, 0.25) is 0 Å². The highest BCUT2D eigenvalue weighted by Crippen LogP contribution is 2.35. The zero-order chi connectivity index (χ0) is 16.4. The van der Waals surface area contributed by atoms with E-state index in [2.05, 4.69) is 28.7 Å². The number of amides is 1. The summed E-state index contributed by atoms with van der Waals surface area (Å²) in [5.74, 6) is 1.000. The second-order valence-electron chi connectivity index (χ2n) is 5.54. The number of fused-ring (bicyclic) bond motifs is 1. The number of aryl methyl sites for hydroxylation is 2. The highest BCUT2D eigenvalue weighted by Gasteiger charge is 2.25. The van der Waals surface area contributed by atoms with E-state index < -0.39 is 0 Å². The van der Waals surface area contributed by atoms with Crippen molar-refractivity contribution < 1.29 is 9.53 Å². The molecule has 1 fully saturated rings. The summed E-state index contributed by atoms with van der Waals surface area (Å²) in [4.78, 5) is 27.2. The van der Waals surface area contributed by atoms with Crippen LogP contribution in [0.2, 0.25) is 0 Å². The van der Waals surface area contributed by atoms with Gasteiger partial charge in [0, 0.05) is 31.1 Å². The molecule has 1 aliphatic rings. The van der Waals surface area contributed by atoms with E-state index in [-0.39, 0.29) is 6.09 Å². The minimum Gasteiger partial charge on any atom is -0.450 e. The predicted molar refractivity (Wildman–Crippen MR) is 92.3 cm³/mol. The minimum absolute atomic E-state index is 0.222. The number of hydrogen-bond donors (Lipinski definition) is 0. The molecule has 0 aliphatic carbocycles. The smallest absolute Gasteiger partial charge is 0.409 e. The average molecular weight is 334 g/mol. The van der Waals surface area contributed by atoms with Gasteiger partial charge in [-0.25, -0.2) is 14.8 Å². The molecule has 23 heavy (non-hydrogen) atoms. The topological polar surface area (TPSA) is 58.6 Å². The molecule has 1 saturated heterocycles. The second-order valence-corrected chi connectivity index (χ2v) is 6.74. The number of hydrogen-bond acceptors (Lipinski definition) is 6. The van der Waals surface area contributed by atoms with Crippen molar-refractivity contribution in [3.8, 4) is 0 Å². The van der Waals surface area contributed by atoms with Crippen molar-refractivity contribution in [2.45, 2.75) is 27.2 Å². The number of nitrogens with zero attached hydrogens (tertiary/aromatic N) is 4. The van der Waals surface area contributed by atoms with E-state index in [1.54, 1.807) is 22.6 Å². The second kappa shape index (κ2) is 6.70. The number of carbonyl (C=O) groups is 1. The van der Waals surface area contributed by atoms with Gasteiger partial charge in [-0.15, -0.1) is 11.3 Å². The van der Waals surface area contributed by atoms with Crippen LogP contribution >= 0.6 is 11.3 Å². The zero-order valence-corrected chi connectivity index (χ0v) is 14.7. The molecule has 6 nitrogen and oxygen atoms in total. The van der Waals surface area contributed by atoms with Gasteiger partial charge in [0.25, 0.3) is 0 Å². The van der Waals surface area contributed by atoms with Gasteiger partial charge in [0.15, 0.2) is 0 Å². The number of piperazine rings is 1. The van der Waals surface area contributed by atoms with Crippen LogP contribution < -0.4 is 4.90 Å². The Morgan fingerprint density at radius 2 is 2.00 bits per heavy atom. The Bertz CT molecular complexity index is 707. The molecular weight excluding hydrogens is 312 g/mol. The van der Waals surface area contributed by atoms with Gasteiger partial charge < -0.3 is 14.5 Å². The van der Waals surface area contributed by atoms with E-state index in [0.717, 1.165) is 30.2 Å². The molecule has 0 aromatic carbocycles. The molecule has 0 radical (unpaired) electrons. The Balaban J connectivity index is 1.84. The summed E-state index contributed by atoms with van der Waals surface area (Å²) in [6.07, 6.45) is 2.40. The monoisotopic (exact) mass is 334 g/mol. The van der Waals surface area contributed by atoms with Crippen molar-refractivity contribution in [3.63, 3.8) is 0 Å². The van der Waals surface area contributed by atoms with Crippen LogP contribution in [0.15, 0.2) is 6.33 Å². The molecule has 3 heterocycles. The van der Waals surface area contributed by atoms with Crippen LogP contribution in [-0.2, 0) is 11.2 Å². The van der Waals surface area contributed by atoms with Gasteiger partial charge in [0.1, 0.15) is 17.0 Å². The number of rotatable bonds is 3. The Morgan fingerprint density at radius 1 is 1.26 bits per heavy atom. The number of anilines is 1. The predicted octanol–water partition coefficient (Wildman–Crippen LogP) is 2.84. The van der Waals surface area contributed by atoms with E-state index in [9.17, 15) is 4.79 Å². The van der Waals surface area contributed by atoms with Gasteiger partial charge in [0.05, 0.1) is 12.0 Å². The van der Waals surface area contributed by atoms with Crippen LogP contribution in [0.4, 0.5) is 10.6 Å². The molecular formula is C16H22N4O2S. The molecule has 124 valence electrons. The minimum atomic E-state index is -0.222. The van der Waals surface area contributed by atoms with E-state index in [4.69, 9.17) is 4.74 Å². The Kier molecular flexibility index (Phi) is 4.66. The summed E-state index contributed by atoms with van der Waals surface area (Å²) in [5, 5.41) is 1.18. The zero-order valence-electron chi connectivity index (χ0n) is 13.8. The maximum absolute atomic E-state index is 11.8. The molecule has 1 aliphatic heterocycles. The lowest BCUT2D eigenvalue weighted by atomic mass is 10.1. The summed E-state index contributed by atoms with van der Waals surface area (Å²) in [7, 11) is 0. The van der Waals surface area contributed by atoms with Crippen molar-refractivity contribution >= 4 is 33.5 Å². The Hall–Kier alpha value is -1.89. The molecule has 2 aromatic rings. The third-order valence-electron chi connectivity index (χ3n) is 4.23. The molecule has 7 heteroatoms. The maximum Gasteiger partial charge on any atom is 0.409 e. The standard InChI is InChI=1S/C16H22N4O2S/c1-4-12-11(3)23-15-13(12)14(17-10-18-15)19-6-8-20(9-7-19)16(21)22-5-2/h10H,4-9H2,1-3H3. The molecule has 0 bridgehead atoms. The lowest BCUT2D eigenvalue weighted by molar-refractivity contribution is 0.105. The van der Waals surface area contributed by atoms with Crippen LogP contribution in [0.25, 0.3) is 10.2 Å². The summed E-state index contributed by atoms with van der Waals surface area (Å²) in [6.45, 7) is 9.42. The van der Waals surface area contributed by atoms with Crippen LogP contribution in [0.3, 0.4) is 0 Å². The first-order chi connectivity index (χ1) is 11.2. The van der Waals surface area contributed by atoms with Crippen LogP contribution in [0, 0.1) is 6.92 Å². The molecule has 0 spiro atoms. The normalized spacial score (nSPS) is 15.3. The van der Waals surface area contributed by atoms with Crippen molar-refractivity contribution in [2.24, 2.45) is 0 Å². The number of carbonyl (C=O) groups excluding carboxylic acids is 1. The van der Waals surface area contributed by atoms with Crippen molar-refractivity contribution in [3.05, 3.63) is 16.8 Å². The van der Waals surface area contributed by atoms with Crippen LogP contribution in [0.1, 0.15) is 24.3 Å². The first-order valence-electron chi connectivity index (χ1n) is 8.05. The molecule has 0 N–H and O–H groups in total. The Labute approximate surface area is 140 Å². The fourth-order valence-electron chi connectivity index (χ4n) is 3.07. The lowest BCUT2D eigenvalue weighted by Gasteiger charge is -2.35. The highest BCUT2D eigenvalue weighted by atomic mass is 32.1. The Morgan fingerprint density at radius 3 is 2.65 bits per heavy atom. The molecule has 1 amide bonds. The van der Waals surface area contributed by atoms with Gasteiger partial charge >= 0.3 is 6.09 Å². The van der Waals surface area contributed by atoms with Crippen molar-refractivity contribution in [2.75, 3.05) is 37.7 Å². The average Bonchev–Trinajstić information content (AvgIpc) is 2.90. The third kappa shape index (κ3) is 2.97. The van der Waals surface area contributed by atoms with Gasteiger partial charge in [-0.1, -0.05) is 6.92 Å². The number of aromatic nitrogens is 2.